The molecule has 22 heavy (non-hydrogen) atoms. The summed E-state index contributed by atoms with van der Waals surface area (Å²) in [6.45, 7) is 3.06. The summed E-state index contributed by atoms with van der Waals surface area (Å²) in [5, 5.41) is 6.10. The summed E-state index contributed by atoms with van der Waals surface area (Å²) in [6, 6.07) is -0.00722. The molecule has 0 spiro atoms. The maximum absolute atomic E-state index is 12.0. The van der Waals surface area contributed by atoms with E-state index in [1.807, 2.05) is 0 Å². The number of urea groups is 1. The van der Waals surface area contributed by atoms with Crippen LogP contribution in [-0.2, 0) is 4.79 Å². The van der Waals surface area contributed by atoms with Gasteiger partial charge in [-0.15, -0.1) is 12.4 Å². The molecule has 2 fully saturated rings. The van der Waals surface area contributed by atoms with Crippen molar-refractivity contribution in [2.75, 3.05) is 13.1 Å². The smallest absolute Gasteiger partial charge is 0.315 e. The van der Waals surface area contributed by atoms with E-state index >= 15 is 0 Å². The minimum absolute atomic E-state index is 0. The molecule has 4 N–H and O–H groups in total. The van der Waals surface area contributed by atoms with E-state index in [1.54, 1.807) is 11.8 Å². The quantitative estimate of drug-likeness (QED) is 0.729. The third-order valence-electron chi connectivity index (χ3n) is 4.47. The highest BCUT2D eigenvalue weighted by Crippen LogP contribution is 2.17. The van der Waals surface area contributed by atoms with Gasteiger partial charge >= 0.3 is 6.03 Å². The summed E-state index contributed by atoms with van der Waals surface area (Å²) in [6.07, 6.45) is 7.49. The van der Waals surface area contributed by atoms with Crippen molar-refractivity contribution in [1.82, 2.24) is 15.5 Å². The van der Waals surface area contributed by atoms with Crippen molar-refractivity contribution in [2.45, 2.75) is 70.0 Å². The van der Waals surface area contributed by atoms with Gasteiger partial charge in [0, 0.05) is 25.2 Å². The number of likely N-dealkylation sites (tertiary alicyclic amines) is 1. The molecular formula is C15H29ClN4O2. The third kappa shape index (κ3) is 5.65. The highest BCUT2D eigenvalue weighted by molar-refractivity contribution is 5.85. The normalized spacial score (nSPS) is 21.6. The number of carbonyl (C=O) groups excluding carboxylic acids is 2. The average Bonchev–Trinajstić information content (AvgIpc) is 2.48. The highest BCUT2D eigenvalue weighted by Gasteiger charge is 2.25. The molecule has 6 nitrogen and oxygen atoms in total. The standard InChI is InChI=1S/C15H28N4O2.ClH/c1-11(16)14(20)19-9-7-13(8-10-19)18-15(21)17-12-5-3-2-4-6-12;/h11-13H,2-10,16H2,1H3,(H2,17,18,21);1H/t11-;/m1./s1. The number of halogens is 1. The van der Waals surface area contributed by atoms with Gasteiger partial charge in [-0.2, -0.15) is 0 Å². The molecule has 0 aromatic carbocycles. The maximum Gasteiger partial charge on any atom is 0.315 e. The molecule has 2 rings (SSSR count). The fourth-order valence-electron chi connectivity index (χ4n) is 3.19. The molecule has 1 heterocycles. The minimum Gasteiger partial charge on any atom is -0.341 e. The molecule has 7 heteroatoms. The number of nitrogens with one attached hydrogen (secondary N) is 2. The van der Waals surface area contributed by atoms with Gasteiger partial charge in [0.2, 0.25) is 5.91 Å². The van der Waals surface area contributed by atoms with Crippen molar-refractivity contribution in [2.24, 2.45) is 5.73 Å². The summed E-state index contributed by atoms with van der Waals surface area (Å²) in [5.41, 5.74) is 5.62. The number of nitrogens with two attached hydrogens (primary N) is 1. The van der Waals surface area contributed by atoms with Gasteiger partial charge in [-0.3, -0.25) is 4.79 Å². The fourth-order valence-corrected chi connectivity index (χ4v) is 3.19. The molecule has 128 valence electrons. The van der Waals surface area contributed by atoms with Crippen LogP contribution in [-0.4, -0.2) is 48.1 Å². The van der Waals surface area contributed by atoms with Crippen molar-refractivity contribution in [3.8, 4) is 0 Å². The monoisotopic (exact) mass is 332 g/mol. The lowest BCUT2D eigenvalue weighted by molar-refractivity contribution is -0.133. The molecule has 1 saturated carbocycles. The predicted molar refractivity (Wildman–Crippen MR) is 89.0 cm³/mol. The number of carbonyl (C=O) groups is 2. The lowest BCUT2D eigenvalue weighted by atomic mass is 9.96. The molecule has 1 saturated heterocycles. The minimum atomic E-state index is -0.441. The lowest BCUT2D eigenvalue weighted by Crippen LogP contribution is -2.52. The Balaban J connectivity index is 0.00000242. The van der Waals surface area contributed by atoms with Crippen molar-refractivity contribution < 1.29 is 9.59 Å². The molecule has 1 aliphatic heterocycles. The molecule has 0 bridgehead atoms. The second-order valence-corrected chi connectivity index (χ2v) is 6.34. The first kappa shape index (κ1) is 19.0. The van der Waals surface area contributed by atoms with E-state index in [9.17, 15) is 9.59 Å². The van der Waals surface area contributed by atoms with Crippen molar-refractivity contribution in [1.29, 1.82) is 0 Å². The molecule has 3 amide bonds. The van der Waals surface area contributed by atoms with Crippen LogP contribution < -0.4 is 16.4 Å². The molecular weight excluding hydrogens is 304 g/mol. The summed E-state index contributed by atoms with van der Waals surface area (Å²) >= 11 is 0. The number of piperidine rings is 1. The van der Waals surface area contributed by atoms with Crippen LogP contribution >= 0.6 is 12.4 Å². The van der Waals surface area contributed by atoms with E-state index in [2.05, 4.69) is 10.6 Å². The number of amides is 3. The van der Waals surface area contributed by atoms with Gasteiger partial charge in [-0.1, -0.05) is 19.3 Å². The van der Waals surface area contributed by atoms with Crippen molar-refractivity contribution in [3.63, 3.8) is 0 Å². The first-order valence-corrected chi connectivity index (χ1v) is 8.17. The SMILES string of the molecule is C[C@@H](N)C(=O)N1CCC(NC(=O)NC2CCCCC2)CC1.Cl. The molecule has 1 atom stereocenters. The Kier molecular flexibility index (Phi) is 7.96. The zero-order valence-corrected chi connectivity index (χ0v) is 14.2. The van der Waals surface area contributed by atoms with Crippen LogP contribution in [0.2, 0.25) is 0 Å². The highest BCUT2D eigenvalue weighted by atomic mass is 35.5. The van der Waals surface area contributed by atoms with Gasteiger partial charge < -0.3 is 21.3 Å². The van der Waals surface area contributed by atoms with Gasteiger partial charge in [0.25, 0.3) is 0 Å². The number of nitrogens with zero attached hydrogens (tertiary/aromatic N) is 1. The van der Waals surface area contributed by atoms with Gasteiger partial charge in [0.15, 0.2) is 0 Å². The number of rotatable bonds is 3. The Morgan fingerprint density at radius 3 is 2.00 bits per heavy atom. The summed E-state index contributed by atoms with van der Waals surface area (Å²) in [5.74, 6) is 0.0000992. The fraction of sp³-hybridized carbons (Fsp3) is 0.867. The Morgan fingerprint density at radius 1 is 1.00 bits per heavy atom. The number of hydrogen-bond acceptors (Lipinski definition) is 3. The van der Waals surface area contributed by atoms with Crippen molar-refractivity contribution >= 4 is 24.3 Å². The van der Waals surface area contributed by atoms with Crippen LogP contribution in [0.15, 0.2) is 0 Å². The Labute approximate surface area is 139 Å². The second kappa shape index (κ2) is 9.20. The third-order valence-corrected chi connectivity index (χ3v) is 4.47. The molecule has 0 radical (unpaired) electrons. The Bertz CT molecular complexity index is 365. The second-order valence-electron chi connectivity index (χ2n) is 6.34. The molecule has 0 aromatic heterocycles. The van der Waals surface area contributed by atoms with E-state index in [4.69, 9.17) is 5.73 Å². The first-order valence-electron chi connectivity index (χ1n) is 8.17. The van der Waals surface area contributed by atoms with Crippen LogP contribution in [0.3, 0.4) is 0 Å². The van der Waals surface area contributed by atoms with Gasteiger partial charge in [-0.25, -0.2) is 4.79 Å². The van der Waals surface area contributed by atoms with E-state index in [0.29, 0.717) is 19.1 Å². The van der Waals surface area contributed by atoms with Crippen molar-refractivity contribution in [3.05, 3.63) is 0 Å². The van der Waals surface area contributed by atoms with Crippen LogP contribution in [0.4, 0.5) is 4.79 Å². The van der Waals surface area contributed by atoms with E-state index in [0.717, 1.165) is 25.7 Å². The topological polar surface area (TPSA) is 87.5 Å². The van der Waals surface area contributed by atoms with E-state index < -0.39 is 6.04 Å². The largest absolute Gasteiger partial charge is 0.341 e. The van der Waals surface area contributed by atoms with Gasteiger partial charge in [0.05, 0.1) is 6.04 Å². The molecule has 0 unspecified atom stereocenters. The van der Waals surface area contributed by atoms with Crippen LogP contribution in [0.25, 0.3) is 0 Å². The Morgan fingerprint density at radius 2 is 1.50 bits per heavy atom. The van der Waals surface area contributed by atoms with Crippen LogP contribution in [0, 0.1) is 0 Å². The number of hydrogen-bond donors (Lipinski definition) is 3. The van der Waals surface area contributed by atoms with Crippen LogP contribution in [0.5, 0.6) is 0 Å². The maximum atomic E-state index is 12.0. The average molecular weight is 333 g/mol. The summed E-state index contributed by atoms with van der Waals surface area (Å²) < 4.78 is 0. The van der Waals surface area contributed by atoms with Gasteiger partial charge in [0.1, 0.15) is 0 Å². The zero-order valence-electron chi connectivity index (χ0n) is 13.3. The molecule has 0 aromatic rings. The molecule has 2 aliphatic rings. The van der Waals surface area contributed by atoms with Crippen LogP contribution in [0.1, 0.15) is 51.9 Å². The van der Waals surface area contributed by atoms with E-state index in [-0.39, 0.29) is 30.4 Å². The Hall–Kier alpha value is -1.01. The zero-order chi connectivity index (χ0) is 15.2. The summed E-state index contributed by atoms with van der Waals surface area (Å²) in [4.78, 5) is 25.6. The lowest BCUT2D eigenvalue weighted by Gasteiger charge is -2.33. The van der Waals surface area contributed by atoms with Gasteiger partial charge in [-0.05, 0) is 32.6 Å². The summed E-state index contributed by atoms with van der Waals surface area (Å²) in [7, 11) is 0. The predicted octanol–water partition coefficient (Wildman–Crippen LogP) is 1.38. The first-order chi connectivity index (χ1) is 10.1. The van der Waals surface area contributed by atoms with E-state index in [1.165, 1.54) is 19.3 Å². The molecule has 1 aliphatic carbocycles.